The molecule has 0 bridgehead atoms. The first-order valence-electron chi connectivity index (χ1n) is 7.91. The van der Waals surface area contributed by atoms with Crippen molar-refractivity contribution >= 4 is 8.56 Å². The first-order chi connectivity index (χ1) is 8.72. The van der Waals surface area contributed by atoms with Crippen LogP contribution in [-0.4, -0.2) is 22.3 Å². The first kappa shape index (κ1) is 14.5. The molecule has 2 aliphatic carbocycles. The van der Waals surface area contributed by atoms with E-state index < -0.39 is 8.56 Å². The summed E-state index contributed by atoms with van der Waals surface area (Å²) < 4.78 is 12.1. The third kappa shape index (κ3) is 4.36. The molecule has 0 aromatic carbocycles. The Balaban J connectivity index is 1.76. The van der Waals surface area contributed by atoms with E-state index in [1.165, 1.54) is 63.8 Å². The van der Waals surface area contributed by atoms with Crippen LogP contribution in [0.5, 0.6) is 0 Å². The molecule has 0 aliphatic heterocycles. The van der Waals surface area contributed by atoms with Crippen LogP contribution in [0.2, 0.25) is 12.6 Å². The summed E-state index contributed by atoms with van der Waals surface area (Å²) in [7, 11) is -0.0135. The molecular formula is C15H30O2Si. The maximum absolute atomic E-state index is 6.28. The Hall–Kier alpha value is 0.137. The van der Waals surface area contributed by atoms with Gasteiger partial charge in [0.25, 0.3) is 0 Å². The van der Waals surface area contributed by atoms with E-state index in [0.717, 1.165) is 18.4 Å². The highest BCUT2D eigenvalue weighted by molar-refractivity contribution is 6.66. The maximum Gasteiger partial charge on any atom is 0.334 e. The third-order valence-corrected chi connectivity index (χ3v) is 7.87. The van der Waals surface area contributed by atoms with Crippen molar-refractivity contribution in [3.8, 4) is 0 Å². The quantitative estimate of drug-likeness (QED) is 0.662. The molecule has 0 aromatic rings. The van der Waals surface area contributed by atoms with Gasteiger partial charge >= 0.3 is 8.56 Å². The van der Waals surface area contributed by atoms with Gasteiger partial charge in [-0.25, -0.2) is 0 Å². The van der Waals surface area contributed by atoms with E-state index in [0.29, 0.717) is 0 Å². The predicted octanol–water partition coefficient (Wildman–Crippen LogP) is 4.49. The van der Waals surface area contributed by atoms with E-state index in [1.54, 1.807) is 0 Å². The van der Waals surface area contributed by atoms with Gasteiger partial charge < -0.3 is 8.85 Å². The molecule has 0 N–H and O–H groups in total. The summed E-state index contributed by atoms with van der Waals surface area (Å²) >= 11 is 0. The summed E-state index contributed by atoms with van der Waals surface area (Å²) in [6.45, 7) is 3.24. The first-order valence-corrected chi connectivity index (χ1v) is 10.4. The fourth-order valence-electron chi connectivity index (χ4n) is 3.59. The molecule has 2 aliphatic rings. The highest BCUT2D eigenvalue weighted by Crippen LogP contribution is 2.33. The van der Waals surface area contributed by atoms with Crippen molar-refractivity contribution < 1.29 is 8.85 Å². The number of rotatable bonds is 6. The Morgan fingerprint density at radius 1 is 0.889 bits per heavy atom. The second-order valence-electron chi connectivity index (χ2n) is 6.51. The Kier molecular flexibility index (Phi) is 5.71. The average Bonchev–Trinajstić information content (AvgIpc) is 2.91. The molecular weight excluding hydrogens is 240 g/mol. The summed E-state index contributed by atoms with van der Waals surface area (Å²) in [5, 5.41) is 0. The lowest BCUT2D eigenvalue weighted by molar-refractivity contribution is 0.164. The van der Waals surface area contributed by atoms with Gasteiger partial charge in [-0.2, -0.15) is 0 Å². The van der Waals surface area contributed by atoms with Crippen LogP contribution in [0, 0.1) is 11.8 Å². The molecule has 18 heavy (non-hydrogen) atoms. The van der Waals surface area contributed by atoms with Crippen LogP contribution in [-0.2, 0) is 8.85 Å². The minimum atomic E-state index is -1.88. The van der Waals surface area contributed by atoms with Gasteiger partial charge in [-0.05, 0) is 37.3 Å². The molecule has 0 saturated heterocycles. The summed E-state index contributed by atoms with van der Waals surface area (Å²) in [5.41, 5.74) is 0. The zero-order valence-electron chi connectivity index (χ0n) is 12.2. The Bertz CT molecular complexity index is 235. The van der Waals surface area contributed by atoms with Gasteiger partial charge in [-0.3, -0.25) is 0 Å². The molecule has 0 heterocycles. The van der Waals surface area contributed by atoms with Gasteiger partial charge in [0.15, 0.2) is 0 Å². The SMILES string of the molecule is CO[Si](C)(CC1CCCCC1)OCC1CCCC1. The fraction of sp³-hybridized carbons (Fsp3) is 1.00. The summed E-state index contributed by atoms with van der Waals surface area (Å²) in [5.74, 6) is 1.69. The highest BCUT2D eigenvalue weighted by Gasteiger charge is 2.35. The van der Waals surface area contributed by atoms with Gasteiger partial charge in [-0.1, -0.05) is 44.9 Å². The smallest absolute Gasteiger partial charge is 0.334 e. The monoisotopic (exact) mass is 270 g/mol. The van der Waals surface area contributed by atoms with E-state index >= 15 is 0 Å². The topological polar surface area (TPSA) is 18.5 Å². The van der Waals surface area contributed by atoms with Crippen LogP contribution >= 0.6 is 0 Å². The zero-order chi connectivity index (χ0) is 12.8. The lowest BCUT2D eigenvalue weighted by Gasteiger charge is -2.32. The van der Waals surface area contributed by atoms with Crippen molar-refractivity contribution in [2.24, 2.45) is 11.8 Å². The molecule has 0 radical (unpaired) electrons. The Labute approximate surface area is 114 Å². The molecule has 2 rings (SSSR count). The number of hydrogen-bond acceptors (Lipinski definition) is 2. The third-order valence-electron chi connectivity index (χ3n) is 4.92. The van der Waals surface area contributed by atoms with Gasteiger partial charge in [0.2, 0.25) is 0 Å². The largest absolute Gasteiger partial charge is 0.398 e. The Morgan fingerprint density at radius 2 is 1.44 bits per heavy atom. The molecule has 1 atom stereocenters. The lowest BCUT2D eigenvalue weighted by atomic mass is 9.91. The van der Waals surface area contributed by atoms with Gasteiger partial charge in [0, 0.05) is 13.7 Å². The average molecular weight is 270 g/mol. The second kappa shape index (κ2) is 7.06. The van der Waals surface area contributed by atoms with Crippen LogP contribution < -0.4 is 0 Å². The molecule has 2 nitrogen and oxygen atoms in total. The van der Waals surface area contributed by atoms with Crippen LogP contribution in [0.25, 0.3) is 0 Å². The van der Waals surface area contributed by atoms with Gasteiger partial charge in [0.05, 0.1) is 0 Å². The second-order valence-corrected chi connectivity index (χ2v) is 9.88. The Morgan fingerprint density at radius 3 is 2.06 bits per heavy atom. The van der Waals surface area contributed by atoms with Crippen LogP contribution in [0.4, 0.5) is 0 Å². The minimum absolute atomic E-state index is 0.818. The molecule has 2 saturated carbocycles. The molecule has 2 fully saturated rings. The standard InChI is InChI=1S/C15H30O2Si/c1-16-18(2,13-15-10-4-3-5-11-15)17-12-14-8-6-7-9-14/h14-15H,3-13H2,1-2H3. The van der Waals surface area contributed by atoms with E-state index in [4.69, 9.17) is 8.85 Å². The van der Waals surface area contributed by atoms with Crippen LogP contribution in [0.3, 0.4) is 0 Å². The predicted molar refractivity (Wildman–Crippen MR) is 77.9 cm³/mol. The summed E-state index contributed by atoms with van der Waals surface area (Å²) in [6.07, 6.45) is 12.6. The van der Waals surface area contributed by atoms with Crippen molar-refractivity contribution in [2.45, 2.75) is 70.4 Å². The van der Waals surface area contributed by atoms with E-state index in [1.807, 2.05) is 7.11 Å². The lowest BCUT2D eigenvalue weighted by Crippen LogP contribution is -2.41. The molecule has 106 valence electrons. The fourth-order valence-corrected chi connectivity index (χ4v) is 6.04. The number of hydrogen-bond donors (Lipinski definition) is 0. The maximum atomic E-state index is 6.28. The molecule has 1 unspecified atom stereocenters. The zero-order valence-corrected chi connectivity index (χ0v) is 13.2. The van der Waals surface area contributed by atoms with Crippen LogP contribution in [0.15, 0.2) is 0 Å². The summed E-state index contributed by atoms with van der Waals surface area (Å²) in [6, 6.07) is 1.22. The van der Waals surface area contributed by atoms with Crippen molar-refractivity contribution in [3.63, 3.8) is 0 Å². The van der Waals surface area contributed by atoms with E-state index in [9.17, 15) is 0 Å². The van der Waals surface area contributed by atoms with Crippen molar-refractivity contribution in [3.05, 3.63) is 0 Å². The van der Waals surface area contributed by atoms with Gasteiger partial charge in [-0.15, -0.1) is 0 Å². The van der Waals surface area contributed by atoms with E-state index in [2.05, 4.69) is 6.55 Å². The minimum Gasteiger partial charge on any atom is -0.398 e. The molecule has 3 heteroatoms. The van der Waals surface area contributed by atoms with Gasteiger partial charge in [0.1, 0.15) is 0 Å². The summed E-state index contributed by atoms with van der Waals surface area (Å²) in [4.78, 5) is 0. The van der Waals surface area contributed by atoms with E-state index in [-0.39, 0.29) is 0 Å². The molecule has 0 amide bonds. The van der Waals surface area contributed by atoms with Crippen molar-refractivity contribution in [2.75, 3.05) is 13.7 Å². The van der Waals surface area contributed by atoms with Crippen LogP contribution in [0.1, 0.15) is 57.8 Å². The molecule has 0 aromatic heterocycles. The van der Waals surface area contributed by atoms with Crippen molar-refractivity contribution in [1.29, 1.82) is 0 Å². The highest BCUT2D eigenvalue weighted by atomic mass is 28.4. The van der Waals surface area contributed by atoms with Crippen molar-refractivity contribution in [1.82, 2.24) is 0 Å². The molecule has 0 spiro atoms. The normalized spacial score (nSPS) is 26.3.